The molecule has 1 saturated heterocycles. The van der Waals surface area contributed by atoms with Crippen molar-refractivity contribution in [3.05, 3.63) is 17.8 Å². The molecule has 76 valence electrons. The first-order valence-corrected chi connectivity index (χ1v) is 5.12. The lowest BCUT2D eigenvalue weighted by Gasteiger charge is -2.23. The van der Waals surface area contributed by atoms with Crippen LogP contribution in [-0.4, -0.2) is 29.3 Å². The Bertz CT molecular complexity index is 277. The molecule has 0 aliphatic carbocycles. The number of anilines is 1. The number of rotatable bonds is 2. The number of nitrogens with zero attached hydrogens (tertiary/aromatic N) is 2. The fourth-order valence-corrected chi connectivity index (χ4v) is 1.66. The summed E-state index contributed by atoms with van der Waals surface area (Å²) in [7, 11) is 0. The molecule has 14 heavy (non-hydrogen) atoms. The van der Waals surface area contributed by atoms with Gasteiger partial charge in [-0.1, -0.05) is 0 Å². The summed E-state index contributed by atoms with van der Waals surface area (Å²) in [5.41, 5.74) is 0.956. The van der Waals surface area contributed by atoms with Crippen LogP contribution in [0.25, 0.3) is 0 Å². The lowest BCUT2D eigenvalue weighted by molar-refractivity contribution is 0.478. The summed E-state index contributed by atoms with van der Waals surface area (Å²) in [6, 6.07) is 4.46. The molecule has 0 unspecified atom stereocenters. The second kappa shape index (κ2) is 4.37. The maximum Gasteiger partial charge on any atom is 0.148 e. The first-order valence-electron chi connectivity index (χ1n) is 5.12. The molecule has 0 bridgehead atoms. The first kappa shape index (κ1) is 9.40. The number of hydrogen-bond donors (Lipinski definition) is 2. The number of piperidine rings is 1. The van der Waals surface area contributed by atoms with E-state index >= 15 is 0 Å². The summed E-state index contributed by atoms with van der Waals surface area (Å²) in [5.74, 6) is 0.879. The van der Waals surface area contributed by atoms with Crippen molar-refractivity contribution in [2.45, 2.75) is 25.8 Å². The highest BCUT2D eigenvalue weighted by molar-refractivity contribution is 5.34. The van der Waals surface area contributed by atoms with Gasteiger partial charge >= 0.3 is 0 Å². The van der Waals surface area contributed by atoms with Gasteiger partial charge in [-0.3, -0.25) is 0 Å². The third-order valence-electron chi connectivity index (χ3n) is 2.45. The monoisotopic (exact) mass is 192 g/mol. The van der Waals surface area contributed by atoms with Gasteiger partial charge in [-0.25, -0.2) is 0 Å². The van der Waals surface area contributed by atoms with Gasteiger partial charge in [0.15, 0.2) is 0 Å². The molecular weight excluding hydrogens is 176 g/mol. The standard InChI is InChI=1S/C10H16N4/c1-8-4-5-10(14-13-8)12-9-3-2-6-11-7-9/h4-5,9,11H,2-3,6-7H2,1H3,(H,12,14)/t9-/m1/s1. The molecule has 1 aliphatic rings. The van der Waals surface area contributed by atoms with Crippen LogP contribution in [0.4, 0.5) is 5.82 Å². The van der Waals surface area contributed by atoms with E-state index in [2.05, 4.69) is 20.8 Å². The topological polar surface area (TPSA) is 49.8 Å². The summed E-state index contributed by atoms with van der Waals surface area (Å²) in [5, 5.41) is 14.8. The third-order valence-corrected chi connectivity index (χ3v) is 2.45. The van der Waals surface area contributed by atoms with Crippen LogP contribution in [0.3, 0.4) is 0 Å². The Hall–Kier alpha value is -1.16. The Morgan fingerprint density at radius 3 is 3.00 bits per heavy atom. The predicted octanol–water partition coefficient (Wildman–Crippen LogP) is 0.949. The van der Waals surface area contributed by atoms with E-state index in [1.165, 1.54) is 12.8 Å². The Labute approximate surface area is 84.1 Å². The van der Waals surface area contributed by atoms with Gasteiger partial charge in [-0.05, 0) is 38.4 Å². The molecule has 0 amide bonds. The number of aryl methyl sites for hydroxylation is 1. The summed E-state index contributed by atoms with van der Waals surface area (Å²) >= 11 is 0. The van der Waals surface area contributed by atoms with Crippen molar-refractivity contribution in [1.82, 2.24) is 15.5 Å². The summed E-state index contributed by atoms with van der Waals surface area (Å²) in [4.78, 5) is 0. The van der Waals surface area contributed by atoms with E-state index in [1.54, 1.807) is 0 Å². The van der Waals surface area contributed by atoms with E-state index in [4.69, 9.17) is 0 Å². The van der Waals surface area contributed by atoms with Crippen molar-refractivity contribution in [3.63, 3.8) is 0 Å². The van der Waals surface area contributed by atoms with E-state index in [0.717, 1.165) is 24.6 Å². The van der Waals surface area contributed by atoms with Gasteiger partial charge in [-0.2, -0.15) is 5.10 Å². The zero-order valence-corrected chi connectivity index (χ0v) is 8.45. The Balaban J connectivity index is 1.92. The average Bonchev–Trinajstić information content (AvgIpc) is 2.23. The highest BCUT2D eigenvalue weighted by Crippen LogP contribution is 2.08. The Morgan fingerprint density at radius 2 is 2.36 bits per heavy atom. The third kappa shape index (κ3) is 2.42. The van der Waals surface area contributed by atoms with E-state index in [0.29, 0.717) is 6.04 Å². The fourth-order valence-electron chi connectivity index (χ4n) is 1.66. The van der Waals surface area contributed by atoms with Crippen LogP contribution >= 0.6 is 0 Å². The number of hydrogen-bond acceptors (Lipinski definition) is 4. The molecule has 0 radical (unpaired) electrons. The first-order chi connectivity index (χ1) is 6.84. The molecule has 1 aromatic rings. The average molecular weight is 192 g/mol. The smallest absolute Gasteiger partial charge is 0.148 e. The minimum Gasteiger partial charge on any atom is -0.365 e. The van der Waals surface area contributed by atoms with E-state index < -0.39 is 0 Å². The largest absolute Gasteiger partial charge is 0.365 e. The molecule has 4 heteroatoms. The van der Waals surface area contributed by atoms with Crippen LogP contribution in [0.15, 0.2) is 12.1 Å². The molecule has 2 N–H and O–H groups in total. The summed E-state index contributed by atoms with van der Waals surface area (Å²) in [6.45, 7) is 4.10. The molecule has 2 heterocycles. The van der Waals surface area contributed by atoms with Crippen molar-refractivity contribution in [3.8, 4) is 0 Å². The summed E-state index contributed by atoms with van der Waals surface area (Å²) in [6.07, 6.45) is 2.44. The van der Waals surface area contributed by atoms with E-state index in [9.17, 15) is 0 Å². The molecule has 0 spiro atoms. The van der Waals surface area contributed by atoms with Gasteiger partial charge in [0.05, 0.1) is 5.69 Å². The van der Waals surface area contributed by atoms with Gasteiger partial charge in [0.25, 0.3) is 0 Å². The molecule has 1 aliphatic heterocycles. The van der Waals surface area contributed by atoms with Gasteiger partial charge in [0.2, 0.25) is 0 Å². The lowest BCUT2D eigenvalue weighted by atomic mass is 10.1. The van der Waals surface area contributed by atoms with Crippen LogP contribution in [0, 0.1) is 6.92 Å². The number of nitrogens with one attached hydrogen (secondary N) is 2. The Morgan fingerprint density at radius 1 is 1.43 bits per heavy atom. The van der Waals surface area contributed by atoms with Crippen LogP contribution < -0.4 is 10.6 Å². The van der Waals surface area contributed by atoms with Crippen molar-refractivity contribution in [2.75, 3.05) is 18.4 Å². The molecule has 1 fully saturated rings. The fraction of sp³-hybridized carbons (Fsp3) is 0.600. The maximum atomic E-state index is 4.08. The quantitative estimate of drug-likeness (QED) is 0.732. The molecule has 0 aromatic carbocycles. The second-order valence-electron chi connectivity index (χ2n) is 3.75. The minimum absolute atomic E-state index is 0.501. The lowest BCUT2D eigenvalue weighted by Crippen LogP contribution is -2.38. The van der Waals surface area contributed by atoms with Crippen molar-refractivity contribution < 1.29 is 0 Å². The van der Waals surface area contributed by atoms with Crippen LogP contribution in [0.5, 0.6) is 0 Å². The molecule has 0 saturated carbocycles. The molecule has 2 rings (SSSR count). The van der Waals surface area contributed by atoms with Gasteiger partial charge in [0, 0.05) is 12.6 Å². The van der Waals surface area contributed by atoms with Gasteiger partial charge < -0.3 is 10.6 Å². The highest BCUT2D eigenvalue weighted by atomic mass is 15.2. The zero-order valence-electron chi connectivity index (χ0n) is 8.45. The summed E-state index contributed by atoms with van der Waals surface area (Å²) < 4.78 is 0. The maximum absolute atomic E-state index is 4.08. The molecule has 4 nitrogen and oxygen atoms in total. The predicted molar refractivity (Wildman–Crippen MR) is 56.3 cm³/mol. The Kier molecular flexibility index (Phi) is 2.93. The normalized spacial score (nSPS) is 21.9. The van der Waals surface area contributed by atoms with Crippen molar-refractivity contribution in [1.29, 1.82) is 0 Å². The minimum atomic E-state index is 0.501. The van der Waals surface area contributed by atoms with Crippen LogP contribution in [-0.2, 0) is 0 Å². The van der Waals surface area contributed by atoms with Gasteiger partial charge in [-0.15, -0.1) is 5.10 Å². The number of aromatic nitrogens is 2. The molecular formula is C10H16N4. The second-order valence-corrected chi connectivity index (χ2v) is 3.75. The van der Waals surface area contributed by atoms with E-state index in [1.807, 2.05) is 19.1 Å². The molecule has 1 aromatic heterocycles. The zero-order chi connectivity index (χ0) is 9.80. The SMILES string of the molecule is Cc1ccc(N[C@@H]2CCCNC2)nn1. The van der Waals surface area contributed by atoms with Crippen LogP contribution in [0.2, 0.25) is 0 Å². The van der Waals surface area contributed by atoms with E-state index in [-0.39, 0.29) is 0 Å². The van der Waals surface area contributed by atoms with Crippen molar-refractivity contribution in [2.24, 2.45) is 0 Å². The van der Waals surface area contributed by atoms with Crippen LogP contribution in [0.1, 0.15) is 18.5 Å². The molecule has 1 atom stereocenters. The van der Waals surface area contributed by atoms with Crippen molar-refractivity contribution >= 4 is 5.82 Å². The van der Waals surface area contributed by atoms with Gasteiger partial charge in [0.1, 0.15) is 5.82 Å². The highest BCUT2D eigenvalue weighted by Gasteiger charge is 2.12.